The molecule has 0 aliphatic heterocycles. The average Bonchev–Trinajstić information content (AvgIpc) is 2.14. The van der Waals surface area contributed by atoms with E-state index < -0.39 is 0 Å². The van der Waals surface area contributed by atoms with Crippen molar-refractivity contribution in [2.75, 3.05) is 7.05 Å². The average molecular weight is 271 g/mol. The number of halogens is 1. The molecule has 0 bridgehead atoms. The molecule has 2 nitrogen and oxygen atoms in total. The molecule has 1 rings (SSSR count). The molecule has 0 amide bonds. The molecule has 15 heavy (non-hydrogen) atoms. The van der Waals surface area contributed by atoms with Gasteiger partial charge in [0.1, 0.15) is 0 Å². The van der Waals surface area contributed by atoms with Crippen LogP contribution >= 0.6 is 15.9 Å². The van der Waals surface area contributed by atoms with Gasteiger partial charge in [-0.2, -0.15) is 0 Å². The molecule has 0 radical (unpaired) electrons. The maximum Gasteiger partial charge on any atom is 0.0346 e. The molecule has 1 atom stereocenters. The van der Waals surface area contributed by atoms with Crippen LogP contribution < -0.4 is 11.1 Å². The smallest absolute Gasteiger partial charge is 0.0346 e. The lowest BCUT2D eigenvalue weighted by molar-refractivity contribution is 0.395. The number of hydrogen-bond donors (Lipinski definition) is 2. The van der Waals surface area contributed by atoms with Gasteiger partial charge in [0, 0.05) is 16.1 Å². The number of nitrogens with two attached hydrogens (primary N) is 1. The molecule has 0 spiro atoms. The first-order chi connectivity index (χ1) is 6.94. The van der Waals surface area contributed by atoms with Gasteiger partial charge in [0.05, 0.1) is 0 Å². The summed E-state index contributed by atoms with van der Waals surface area (Å²) in [5.74, 6) is 0. The summed E-state index contributed by atoms with van der Waals surface area (Å²) in [7, 11) is 1.97. The van der Waals surface area contributed by atoms with Crippen molar-refractivity contribution in [2.24, 2.45) is 5.73 Å². The highest BCUT2D eigenvalue weighted by Crippen LogP contribution is 2.27. The minimum Gasteiger partial charge on any atom is -0.325 e. The molecular formula is C12H19BrN2. The van der Waals surface area contributed by atoms with Gasteiger partial charge in [-0.25, -0.2) is 0 Å². The highest BCUT2D eigenvalue weighted by Gasteiger charge is 2.20. The zero-order valence-electron chi connectivity index (χ0n) is 9.55. The molecule has 3 heteroatoms. The molecule has 0 fully saturated rings. The molecule has 0 aromatic heterocycles. The summed E-state index contributed by atoms with van der Waals surface area (Å²) in [6, 6.07) is 8.54. The quantitative estimate of drug-likeness (QED) is 0.883. The molecule has 0 heterocycles. The Bertz CT molecular complexity index is 318. The van der Waals surface area contributed by atoms with Gasteiger partial charge >= 0.3 is 0 Å². The predicted molar refractivity (Wildman–Crippen MR) is 68.8 cm³/mol. The van der Waals surface area contributed by atoms with E-state index in [9.17, 15) is 0 Å². The number of benzene rings is 1. The summed E-state index contributed by atoms with van der Waals surface area (Å²) >= 11 is 3.56. The van der Waals surface area contributed by atoms with Gasteiger partial charge in [-0.15, -0.1) is 0 Å². The van der Waals surface area contributed by atoms with Crippen LogP contribution in [0, 0.1) is 0 Å². The van der Waals surface area contributed by atoms with Crippen LogP contribution in [-0.2, 0) is 0 Å². The monoisotopic (exact) mass is 270 g/mol. The molecule has 84 valence electrons. The Morgan fingerprint density at radius 2 is 2.00 bits per heavy atom. The van der Waals surface area contributed by atoms with E-state index in [-0.39, 0.29) is 5.54 Å². The third kappa shape index (κ3) is 3.93. The fourth-order valence-corrected chi connectivity index (χ4v) is 2.21. The minimum atomic E-state index is -0.164. The summed E-state index contributed by atoms with van der Waals surface area (Å²) in [6.07, 6.45) is 0.909. The second-order valence-corrected chi connectivity index (χ2v) is 5.41. The third-order valence-corrected chi connectivity index (χ3v) is 3.08. The lowest BCUT2D eigenvalue weighted by atomic mass is 9.92. The summed E-state index contributed by atoms with van der Waals surface area (Å²) in [6.45, 7) is 4.10. The summed E-state index contributed by atoms with van der Waals surface area (Å²) in [5.41, 5.74) is 7.14. The van der Waals surface area contributed by atoms with E-state index in [1.54, 1.807) is 0 Å². The summed E-state index contributed by atoms with van der Waals surface area (Å²) < 4.78 is 1.13. The topological polar surface area (TPSA) is 38.0 Å². The molecule has 0 aliphatic rings. The van der Waals surface area contributed by atoms with Crippen LogP contribution in [0.25, 0.3) is 0 Å². The molecule has 0 aliphatic carbocycles. The molecule has 3 N–H and O–H groups in total. The Balaban J connectivity index is 2.88. The maximum absolute atomic E-state index is 6.04. The van der Waals surface area contributed by atoms with E-state index in [1.807, 2.05) is 33.0 Å². The largest absolute Gasteiger partial charge is 0.325 e. The van der Waals surface area contributed by atoms with Crippen molar-refractivity contribution in [1.29, 1.82) is 0 Å². The molecule has 0 saturated heterocycles. The van der Waals surface area contributed by atoms with Crippen LogP contribution in [0.4, 0.5) is 0 Å². The first kappa shape index (κ1) is 12.7. The second kappa shape index (κ2) is 5.10. The van der Waals surface area contributed by atoms with Crippen LogP contribution in [0.1, 0.15) is 31.9 Å². The molecule has 0 saturated carbocycles. The standard InChI is InChI=1S/C12H19BrN2/c1-12(2,14)8-11(15-3)9-6-4-5-7-10(9)13/h4-7,11,15H,8,14H2,1-3H3. The maximum atomic E-state index is 6.04. The highest BCUT2D eigenvalue weighted by molar-refractivity contribution is 9.10. The van der Waals surface area contributed by atoms with E-state index in [1.165, 1.54) is 5.56 Å². The van der Waals surface area contributed by atoms with Crippen LogP contribution in [0.3, 0.4) is 0 Å². The van der Waals surface area contributed by atoms with E-state index in [2.05, 4.69) is 33.4 Å². The van der Waals surface area contributed by atoms with Gasteiger partial charge in [0.25, 0.3) is 0 Å². The third-order valence-electron chi connectivity index (χ3n) is 2.36. The van der Waals surface area contributed by atoms with Crippen molar-refractivity contribution in [3.8, 4) is 0 Å². The van der Waals surface area contributed by atoms with Crippen molar-refractivity contribution in [3.63, 3.8) is 0 Å². The van der Waals surface area contributed by atoms with Gasteiger partial charge in [-0.3, -0.25) is 0 Å². The summed E-state index contributed by atoms with van der Waals surface area (Å²) in [4.78, 5) is 0. The molecule has 1 unspecified atom stereocenters. The van der Waals surface area contributed by atoms with Crippen LogP contribution in [0.5, 0.6) is 0 Å². The van der Waals surface area contributed by atoms with Crippen molar-refractivity contribution in [1.82, 2.24) is 5.32 Å². The minimum absolute atomic E-state index is 0.164. The Morgan fingerprint density at radius 3 is 2.47 bits per heavy atom. The van der Waals surface area contributed by atoms with E-state index in [4.69, 9.17) is 5.73 Å². The van der Waals surface area contributed by atoms with E-state index >= 15 is 0 Å². The van der Waals surface area contributed by atoms with Gasteiger partial charge in [0.2, 0.25) is 0 Å². The van der Waals surface area contributed by atoms with Gasteiger partial charge in [-0.05, 0) is 38.9 Å². The van der Waals surface area contributed by atoms with Gasteiger partial charge < -0.3 is 11.1 Å². The first-order valence-electron chi connectivity index (χ1n) is 5.14. The van der Waals surface area contributed by atoms with Crippen molar-refractivity contribution >= 4 is 15.9 Å². The van der Waals surface area contributed by atoms with Crippen LogP contribution in [-0.4, -0.2) is 12.6 Å². The Morgan fingerprint density at radius 1 is 1.40 bits per heavy atom. The van der Waals surface area contributed by atoms with Gasteiger partial charge in [-0.1, -0.05) is 34.1 Å². The second-order valence-electron chi connectivity index (χ2n) is 4.56. The van der Waals surface area contributed by atoms with Crippen LogP contribution in [0.15, 0.2) is 28.7 Å². The molecule has 1 aromatic rings. The number of rotatable bonds is 4. The predicted octanol–water partition coefficient (Wildman–Crippen LogP) is 2.84. The molecular weight excluding hydrogens is 252 g/mol. The highest BCUT2D eigenvalue weighted by atomic mass is 79.9. The first-order valence-corrected chi connectivity index (χ1v) is 5.94. The van der Waals surface area contributed by atoms with Crippen molar-refractivity contribution < 1.29 is 0 Å². The van der Waals surface area contributed by atoms with Crippen LogP contribution in [0.2, 0.25) is 0 Å². The fourth-order valence-electron chi connectivity index (χ4n) is 1.65. The lowest BCUT2D eigenvalue weighted by Crippen LogP contribution is -2.36. The van der Waals surface area contributed by atoms with Gasteiger partial charge in [0.15, 0.2) is 0 Å². The van der Waals surface area contributed by atoms with E-state index in [0.717, 1.165) is 10.9 Å². The Hall–Kier alpha value is -0.380. The fraction of sp³-hybridized carbons (Fsp3) is 0.500. The normalized spacial score (nSPS) is 13.9. The zero-order valence-corrected chi connectivity index (χ0v) is 11.1. The van der Waals surface area contributed by atoms with Crippen molar-refractivity contribution in [3.05, 3.63) is 34.3 Å². The SMILES string of the molecule is CNC(CC(C)(C)N)c1ccccc1Br. The summed E-state index contributed by atoms with van der Waals surface area (Å²) in [5, 5.41) is 3.31. The number of hydrogen-bond acceptors (Lipinski definition) is 2. The molecule has 1 aromatic carbocycles. The van der Waals surface area contributed by atoms with Crippen molar-refractivity contribution in [2.45, 2.75) is 31.8 Å². The van der Waals surface area contributed by atoms with E-state index in [0.29, 0.717) is 6.04 Å². The lowest BCUT2D eigenvalue weighted by Gasteiger charge is -2.26. The number of nitrogens with one attached hydrogen (secondary N) is 1. The zero-order chi connectivity index (χ0) is 11.5. The Labute approximate surface area is 100 Å². The Kier molecular flexibility index (Phi) is 4.32.